The maximum Gasteiger partial charge on any atom is 0.242 e. The van der Waals surface area contributed by atoms with E-state index >= 15 is 0 Å². The van der Waals surface area contributed by atoms with Crippen molar-refractivity contribution in [2.75, 3.05) is 19.4 Å². The Kier molecular flexibility index (Phi) is 10.3. The van der Waals surface area contributed by atoms with Crippen LogP contribution in [0, 0.1) is 0 Å². The van der Waals surface area contributed by atoms with E-state index in [1.54, 1.807) is 30.7 Å². The molecule has 0 unspecified atom stereocenters. The molecule has 0 aliphatic heterocycles. The van der Waals surface area contributed by atoms with Gasteiger partial charge in [-0.2, -0.15) is 11.8 Å². The van der Waals surface area contributed by atoms with Crippen molar-refractivity contribution in [3.8, 4) is 5.75 Å². The molecule has 2 rings (SSSR count). The summed E-state index contributed by atoms with van der Waals surface area (Å²) in [6.07, 6.45) is 1.26. The summed E-state index contributed by atoms with van der Waals surface area (Å²) in [6, 6.07) is 17.3. The Bertz CT molecular complexity index is 798. The number of thioether (sulfide) groups is 1. The third-order valence-electron chi connectivity index (χ3n) is 4.78. The first-order chi connectivity index (χ1) is 14.5. The number of carbonyl (C=O) groups excluding carboxylic acids is 2. The Balaban J connectivity index is 2.01. The predicted octanol–water partition coefficient (Wildman–Crippen LogP) is 4.26. The summed E-state index contributed by atoms with van der Waals surface area (Å²) < 4.78 is 5.29. The molecule has 0 aromatic heterocycles. The minimum absolute atomic E-state index is 0.0162. The molecule has 0 saturated carbocycles. The lowest BCUT2D eigenvalue weighted by Gasteiger charge is -2.29. The van der Waals surface area contributed by atoms with Crippen molar-refractivity contribution in [1.82, 2.24) is 10.2 Å². The number of methoxy groups -OCH3 is 1. The van der Waals surface area contributed by atoms with Crippen molar-refractivity contribution < 1.29 is 14.3 Å². The second-order valence-electron chi connectivity index (χ2n) is 7.13. The number of hydrogen-bond acceptors (Lipinski definition) is 4. The lowest BCUT2D eigenvalue weighted by atomic mass is 10.1. The molecule has 0 aliphatic rings. The van der Waals surface area contributed by atoms with Gasteiger partial charge in [-0.25, -0.2) is 0 Å². The fraction of sp³-hybridized carbons (Fsp3) is 0.417. The van der Waals surface area contributed by atoms with Crippen LogP contribution in [-0.2, 0) is 21.9 Å². The van der Waals surface area contributed by atoms with Crippen molar-refractivity contribution in [1.29, 1.82) is 0 Å². The van der Waals surface area contributed by atoms with Gasteiger partial charge < -0.3 is 15.0 Å². The van der Waals surface area contributed by atoms with Crippen LogP contribution in [-0.4, -0.2) is 42.2 Å². The number of amides is 2. The van der Waals surface area contributed by atoms with Gasteiger partial charge in [-0.05, 0) is 36.6 Å². The zero-order chi connectivity index (χ0) is 21.8. The smallest absolute Gasteiger partial charge is 0.242 e. The number of nitrogens with zero attached hydrogens (tertiary/aromatic N) is 1. The number of benzene rings is 2. The second kappa shape index (κ2) is 13.0. The van der Waals surface area contributed by atoms with Crippen molar-refractivity contribution in [3.63, 3.8) is 0 Å². The van der Waals surface area contributed by atoms with Crippen molar-refractivity contribution >= 4 is 23.6 Å². The third kappa shape index (κ3) is 7.75. The Morgan fingerprint density at radius 3 is 2.53 bits per heavy atom. The molecule has 2 amide bonds. The van der Waals surface area contributed by atoms with Gasteiger partial charge in [-0.1, -0.05) is 49.4 Å². The average molecular weight is 429 g/mol. The SMILES string of the molecule is CCCNC(=O)[C@@H](C)N(Cc1cccc(OC)c1)C(=O)CCSCc1ccccc1. The summed E-state index contributed by atoms with van der Waals surface area (Å²) in [7, 11) is 1.62. The molecule has 1 atom stereocenters. The molecule has 2 aromatic carbocycles. The molecular weight excluding hydrogens is 396 g/mol. The fourth-order valence-electron chi connectivity index (χ4n) is 3.01. The van der Waals surface area contributed by atoms with Crippen LogP contribution < -0.4 is 10.1 Å². The molecule has 0 bridgehead atoms. The van der Waals surface area contributed by atoms with E-state index in [0.29, 0.717) is 25.3 Å². The first-order valence-corrected chi connectivity index (χ1v) is 11.5. The zero-order valence-electron chi connectivity index (χ0n) is 18.1. The molecule has 0 radical (unpaired) electrons. The summed E-state index contributed by atoms with van der Waals surface area (Å²) >= 11 is 1.73. The summed E-state index contributed by atoms with van der Waals surface area (Å²) in [6.45, 7) is 4.78. The van der Waals surface area contributed by atoms with E-state index in [9.17, 15) is 9.59 Å². The van der Waals surface area contributed by atoms with E-state index < -0.39 is 6.04 Å². The fourth-order valence-corrected chi connectivity index (χ4v) is 3.90. The van der Waals surface area contributed by atoms with E-state index in [1.807, 2.05) is 49.4 Å². The van der Waals surface area contributed by atoms with Crippen molar-refractivity contribution in [3.05, 3.63) is 65.7 Å². The van der Waals surface area contributed by atoms with Crippen LogP contribution >= 0.6 is 11.8 Å². The Morgan fingerprint density at radius 1 is 1.10 bits per heavy atom. The lowest BCUT2D eigenvalue weighted by molar-refractivity contribution is -0.140. The van der Waals surface area contributed by atoms with Crippen LogP contribution in [0.5, 0.6) is 5.75 Å². The van der Waals surface area contributed by atoms with Crippen LogP contribution in [0.2, 0.25) is 0 Å². The number of ether oxygens (including phenoxy) is 1. The monoisotopic (exact) mass is 428 g/mol. The van der Waals surface area contributed by atoms with Gasteiger partial charge >= 0.3 is 0 Å². The van der Waals surface area contributed by atoms with Gasteiger partial charge in [0.05, 0.1) is 7.11 Å². The van der Waals surface area contributed by atoms with Gasteiger partial charge in [0.25, 0.3) is 0 Å². The molecule has 6 heteroatoms. The summed E-state index contributed by atoms with van der Waals surface area (Å²) in [4.78, 5) is 27.2. The van der Waals surface area contributed by atoms with Gasteiger partial charge in [0.1, 0.15) is 11.8 Å². The van der Waals surface area contributed by atoms with Gasteiger partial charge in [0.2, 0.25) is 11.8 Å². The topological polar surface area (TPSA) is 58.6 Å². The Labute approximate surface area is 184 Å². The highest BCUT2D eigenvalue weighted by Gasteiger charge is 2.25. The highest BCUT2D eigenvalue weighted by molar-refractivity contribution is 7.98. The van der Waals surface area contributed by atoms with E-state index in [2.05, 4.69) is 17.4 Å². The molecule has 0 spiro atoms. The maximum atomic E-state index is 13.0. The third-order valence-corrected chi connectivity index (χ3v) is 5.81. The molecule has 5 nitrogen and oxygen atoms in total. The lowest BCUT2D eigenvalue weighted by Crippen LogP contribution is -2.47. The summed E-state index contributed by atoms with van der Waals surface area (Å²) in [5.74, 6) is 2.19. The van der Waals surface area contributed by atoms with Gasteiger partial charge in [0.15, 0.2) is 0 Å². The predicted molar refractivity (Wildman–Crippen MR) is 124 cm³/mol. The van der Waals surface area contributed by atoms with Crippen LogP contribution in [0.3, 0.4) is 0 Å². The van der Waals surface area contributed by atoms with Crippen LogP contribution in [0.15, 0.2) is 54.6 Å². The van der Waals surface area contributed by atoms with Crippen LogP contribution in [0.4, 0.5) is 0 Å². The van der Waals surface area contributed by atoms with Gasteiger partial charge in [-0.3, -0.25) is 9.59 Å². The second-order valence-corrected chi connectivity index (χ2v) is 8.23. The number of carbonyl (C=O) groups is 2. The van der Waals surface area contributed by atoms with E-state index in [-0.39, 0.29) is 11.8 Å². The standard InChI is InChI=1S/C24H32N2O3S/c1-4-14-25-24(28)19(2)26(17-21-11-8-12-22(16-21)29-3)23(27)13-15-30-18-20-9-6-5-7-10-20/h5-12,16,19H,4,13-15,17-18H2,1-3H3,(H,25,28)/t19-/m1/s1. The minimum atomic E-state index is -0.533. The maximum absolute atomic E-state index is 13.0. The number of rotatable bonds is 12. The van der Waals surface area contributed by atoms with E-state index in [0.717, 1.165) is 23.5 Å². The Hall–Kier alpha value is -2.47. The molecule has 2 aromatic rings. The molecule has 0 fully saturated rings. The molecule has 0 aliphatic carbocycles. The highest BCUT2D eigenvalue weighted by Crippen LogP contribution is 2.18. The Morgan fingerprint density at radius 2 is 1.83 bits per heavy atom. The molecular formula is C24H32N2O3S. The molecule has 1 N–H and O–H groups in total. The van der Waals surface area contributed by atoms with E-state index in [4.69, 9.17) is 4.74 Å². The number of hydrogen-bond donors (Lipinski definition) is 1. The van der Waals surface area contributed by atoms with Gasteiger partial charge in [0, 0.05) is 31.0 Å². The molecule has 30 heavy (non-hydrogen) atoms. The minimum Gasteiger partial charge on any atom is -0.497 e. The summed E-state index contributed by atoms with van der Waals surface area (Å²) in [5, 5.41) is 2.90. The first-order valence-electron chi connectivity index (χ1n) is 10.4. The summed E-state index contributed by atoms with van der Waals surface area (Å²) in [5.41, 5.74) is 2.19. The van der Waals surface area contributed by atoms with Crippen molar-refractivity contribution in [2.24, 2.45) is 0 Å². The largest absolute Gasteiger partial charge is 0.497 e. The van der Waals surface area contributed by atoms with Crippen LogP contribution in [0.25, 0.3) is 0 Å². The molecule has 162 valence electrons. The van der Waals surface area contributed by atoms with Crippen LogP contribution in [0.1, 0.15) is 37.8 Å². The van der Waals surface area contributed by atoms with Gasteiger partial charge in [-0.15, -0.1) is 0 Å². The quantitative estimate of drug-likeness (QED) is 0.513. The zero-order valence-corrected chi connectivity index (χ0v) is 18.9. The normalized spacial score (nSPS) is 11.6. The first kappa shape index (κ1) is 23.8. The van der Waals surface area contributed by atoms with E-state index in [1.165, 1.54) is 5.56 Å². The molecule has 0 heterocycles. The van der Waals surface area contributed by atoms with Crippen molar-refractivity contribution in [2.45, 2.75) is 45.0 Å². The molecule has 0 saturated heterocycles. The number of nitrogens with one attached hydrogen (secondary N) is 1. The average Bonchev–Trinajstić information content (AvgIpc) is 2.78. The highest BCUT2D eigenvalue weighted by atomic mass is 32.2.